The quantitative estimate of drug-likeness (QED) is 0.567. The zero-order valence-corrected chi connectivity index (χ0v) is 6.92. The molecular formula is C7H16N2O. The molecule has 0 aromatic heterocycles. The molecule has 1 fully saturated rings. The maximum atomic E-state index is 5.28. The second kappa shape index (κ2) is 3.32. The highest BCUT2D eigenvalue weighted by Gasteiger charge is 2.27. The van der Waals surface area contributed by atoms with Gasteiger partial charge in [0, 0.05) is 26.2 Å². The van der Waals surface area contributed by atoms with E-state index in [1.54, 1.807) is 7.11 Å². The number of rotatable bonds is 2. The highest BCUT2D eigenvalue weighted by molar-refractivity contribution is 4.87. The van der Waals surface area contributed by atoms with E-state index in [2.05, 4.69) is 24.3 Å². The normalized spacial score (nSPS) is 33.6. The van der Waals surface area contributed by atoms with Crippen molar-refractivity contribution in [2.45, 2.75) is 12.1 Å². The molecule has 10 heavy (non-hydrogen) atoms. The van der Waals surface area contributed by atoms with Crippen molar-refractivity contribution in [3.8, 4) is 0 Å². The van der Waals surface area contributed by atoms with Gasteiger partial charge in [-0.3, -0.25) is 0 Å². The molecule has 1 aliphatic rings. The van der Waals surface area contributed by atoms with Crippen molar-refractivity contribution in [3.05, 3.63) is 0 Å². The maximum absolute atomic E-state index is 5.28. The summed E-state index contributed by atoms with van der Waals surface area (Å²) < 4.78 is 5.28. The average Bonchev–Trinajstić information content (AvgIpc) is 2.33. The molecule has 0 aromatic carbocycles. The minimum Gasteiger partial charge on any atom is -0.378 e. The van der Waals surface area contributed by atoms with Crippen molar-refractivity contribution in [1.29, 1.82) is 0 Å². The predicted octanol–water partition coefficient (Wildman–Crippen LogP) is -0.465. The van der Waals surface area contributed by atoms with E-state index in [0.29, 0.717) is 12.1 Å². The second-order valence-electron chi connectivity index (χ2n) is 2.96. The smallest absolute Gasteiger partial charge is 0.0862 e. The molecule has 0 radical (unpaired) electrons. The van der Waals surface area contributed by atoms with Crippen LogP contribution in [0.1, 0.15) is 0 Å². The van der Waals surface area contributed by atoms with Crippen LogP contribution < -0.4 is 5.32 Å². The summed E-state index contributed by atoms with van der Waals surface area (Å²) in [5.74, 6) is 0. The molecule has 3 nitrogen and oxygen atoms in total. The summed E-state index contributed by atoms with van der Waals surface area (Å²) in [5.41, 5.74) is 0. The molecule has 0 aliphatic carbocycles. The van der Waals surface area contributed by atoms with E-state index >= 15 is 0 Å². The second-order valence-corrected chi connectivity index (χ2v) is 2.96. The molecule has 1 aliphatic heterocycles. The molecule has 0 spiro atoms. The summed E-state index contributed by atoms with van der Waals surface area (Å²) >= 11 is 0. The fraction of sp³-hybridized carbons (Fsp3) is 1.00. The fourth-order valence-corrected chi connectivity index (χ4v) is 1.40. The number of likely N-dealkylation sites (N-methyl/N-ethyl adjacent to an activating group) is 1. The zero-order chi connectivity index (χ0) is 7.56. The van der Waals surface area contributed by atoms with E-state index in [0.717, 1.165) is 13.1 Å². The third-order valence-electron chi connectivity index (χ3n) is 2.09. The van der Waals surface area contributed by atoms with Crippen LogP contribution in [0.4, 0.5) is 0 Å². The summed E-state index contributed by atoms with van der Waals surface area (Å²) in [5, 5.41) is 3.29. The van der Waals surface area contributed by atoms with Crippen molar-refractivity contribution in [1.82, 2.24) is 10.2 Å². The Bertz CT molecular complexity index is 106. The number of hydrogen-bond donors (Lipinski definition) is 1. The summed E-state index contributed by atoms with van der Waals surface area (Å²) in [6.07, 6.45) is 0.370. The monoisotopic (exact) mass is 144 g/mol. The molecule has 1 saturated heterocycles. The van der Waals surface area contributed by atoms with Crippen LogP contribution >= 0.6 is 0 Å². The van der Waals surface area contributed by atoms with Crippen LogP contribution in [0, 0.1) is 0 Å². The Balaban J connectivity index is 2.42. The van der Waals surface area contributed by atoms with Crippen molar-refractivity contribution >= 4 is 0 Å². The van der Waals surface area contributed by atoms with Gasteiger partial charge in [-0.25, -0.2) is 0 Å². The molecule has 2 atom stereocenters. The molecule has 0 saturated carbocycles. The van der Waals surface area contributed by atoms with E-state index in [4.69, 9.17) is 4.74 Å². The van der Waals surface area contributed by atoms with Crippen LogP contribution in [0.3, 0.4) is 0 Å². The van der Waals surface area contributed by atoms with E-state index in [-0.39, 0.29) is 0 Å². The van der Waals surface area contributed by atoms with Gasteiger partial charge in [-0.2, -0.15) is 0 Å². The van der Waals surface area contributed by atoms with Gasteiger partial charge in [0.1, 0.15) is 0 Å². The molecular weight excluding hydrogens is 128 g/mol. The number of ether oxygens (including phenoxy) is 1. The lowest BCUT2D eigenvalue weighted by molar-refractivity contribution is 0.0636. The summed E-state index contributed by atoms with van der Waals surface area (Å²) in [6, 6.07) is 0.546. The number of nitrogens with one attached hydrogen (secondary N) is 1. The van der Waals surface area contributed by atoms with Crippen LogP contribution in [0.2, 0.25) is 0 Å². The molecule has 3 heteroatoms. The molecule has 1 heterocycles. The summed E-state index contributed by atoms with van der Waals surface area (Å²) in [4.78, 5) is 2.20. The highest BCUT2D eigenvalue weighted by Crippen LogP contribution is 2.07. The molecule has 60 valence electrons. The molecule has 0 aromatic rings. The minimum atomic E-state index is 0.370. The van der Waals surface area contributed by atoms with Gasteiger partial charge in [-0.15, -0.1) is 0 Å². The Morgan fingerprint density at radius 2 is 2.10 bits per heavy atom. The molecule has 2 unspecified atom stereocenters. The van der Waals surface area contributed by atoms with Crippen LogP contribution in [0.25, 0.3) is 0 Å². The first-order valence-corrected chi connectivity index (χ1v) is 3.65. The van der Waals surface area contributed by atoms with Crippen LogP contribution in [-0.4, -0.2) is 51.3 Å². The van der Waals surface area contributed by atoms with Gasteiger partial charge in [0.25, 0.3) is 0 Å². The van der Waals surface area contributed by atoms with Crippen LogP contribution in [0.5, 0.6) is 0 Å². The standard InChI is InChI=1S/C7H16N2O/c1-9(2)6-4-8-5-7(6)10-3/h6-8H,4-5H2,1-3H3. The van der Waals surface area contributed by atoms with E-state index in [1.165, 1.54) is 0 Å². The Hall–Kier alpha value is -0.120. The SMILES string of the molecule is COC1CNCC1N(C)C. The number of hydrogen-bond acceptors (Lipinski definition) is 3. The van der Waals surface area contributed by atoms with Gasteiger partial charge in [0.05, 0.1) is 6.10 Å². The average molecular weight is 144 g/mol. The van der Waals surface area contributed by atoms with E-state index in [9.17, 15) is 0 Å². The van der Waals surface area contributed by atoms with Gasteiger partial charge in [0.15, 0.2) is 0 Å². The fourth-order valence-electron chi connectivity index (χ4n) is 1.40. The van der Waals surface area contributed by atoms with Gasteiger partial charge < -0.3 is 15.0 Å². The van der Waals surface area contributed by atoms with Crippen molar-refractivity contribution in [2.24, 2.45) is 0 Å². The third kappa shape index (κ3) is 1.48. The van der Waals surface area contributed by atoms with Crippen molar-refractivity contribution in [2.75, 3.05) is 34.3 Å². The van der Waals surface area contributed by atoms with Crippen LogP contribution in [0.15, 0.2) is 0 Å². The van der Waals surface area contributed by atoms with Gasteiger partial charge in [-0.1, -0.05) is 0 Å². The van der Waals surface area contributed by atoms with E-state index < -0.39 is 0 Å². The predicted molar refractivity (Wildman–Crippen MR) is 41.1 cm³/mol. The Morgan fingerprint density at radius 3 is 2.50 bits per heavy atom. The highest BCUT2D eigenvalue weighted by atomic mass is 16.5. The largest absolute Gasteiger partial charge is 0.378 e. The van der Waals surface area contributed by atoms with Crippen molar-refractivity contribution in [3.63, 3.8) is 0 Å². The zero-order valence-electron chi connectivity index (χ0n) is 6.92. The Morgan fingerprint density at radius 1 is 1.40 bits per heavy atom. The Kier molecular flexibility index (Phi) is 2.65. The first kappa shape index (κ1) is 7.98. The number of methoxy groups -OCH3 is 1. The topological polar surface area (TPSA) is 24.5 Å². The molecule has 0 amide bonds. The first-order chi connectivity index (χ1) is 4.75. The van der Waals surface area contributed by atoms with Gasteiger partial charge in [0.2, 0.25) is 0 Å². The molecule has 1 N–H and O–H groups in total. The lowest BCUT2D eigenvalue weighted by Crippen LogP contribution is -2.38. The van der Waals surface area contributed by atoms with Gasteiger partial charge >= 0.3 is 0 Å². The van der Waals surface area contributed by atoms with E-state index in [1.807, 2.05) is 0 Å². The lowest BCUT2D eigenvalue weighted by atomic mass is 10.2. The minimum absolute atomic E-state index is 0.370. The van der Waals surface area contributed by atoms with Crippen LogP contribution in [-0.2, 0) is 4.74 Å². The first-order valence-electron chi connectivity index (χ1n) is 3.65. The maximum Gasteiger partial charge on any atom is 0.0862 e. The van der Waals surface area contributed by atoms with Crippen molar-refractivity contribution < 1.29 is 4.74 Å². The summed E-state index contributed by atoms with van der Waals surface area (Å²) in [6.45, 7) is 2.03. The molecule has 1 rings (SSSR count). The molecule has 0 bridgehead atoms. The van der Waals surface area contributed by atoms with Gasteiger partial charge in [-0.05, 0) is 14.1 Å². The third-order valence-corrected chi connectivity index (χ3v) is 2.09. The number of nitrogens with zero attached hydrogens (tertiary/aromatic N) is 1. The Labute approximate surface area is 62.3 Å². The lowest BCUT2D eigenvalue weighted by Gasteiger charge is -2.23. The summed E-state index contributed by atoms with van der Waals surface area (Å²) in [7, 11) is 5.95.